The molecule has 3 fully saturated rings. The number of Topliss-reactive ketones (excluding diaryl/α,β-unsaturated/α-hetero) is 1. The Hall–Kier alpha value is -3.06. The second-order valence-electron chi connectivity index (χ2n) is 11.7. The number of hydrogen-bond donors (Lipinski definition) is 4. The van der Waals surface area contributed by atoms with Crippen molar-refractivity contribution in [3.8, 4) is 5.75 Å². The number of morpholine rings is 1. The molecule has 1 aromatic carbocycles. The molecule has 3 amide bonds. The van der Waals surface area contributed by atoms with E-state index in [1.807, 2.05) is 4.90 Å². The number of carbonyl (C=O) groups is 4. The highest BCUT2D eigenvalue weighted by Gasteiger charge is 2.50. The number of epoxide rings is 1. The van der Waals surface area contributed by atoms with Gasteiger partial charge < -0.3 is 35.3 Å². The molecule has 1 aromatic rings. The third-order valence-electron chi connectivity index (χ3n) is 8.37. The molecule has 2 saturated heterocycles. The molecule has 4 rings (SSSR count). The van der Waals surface area contributed by atoms with Gasteiger partial charge in [-0.25, -0.2) is 0 Å². The van der Waals surface area contributed by atoms with Gasteiger partial charge in [-0.2, -0.15) is 0 Å². The smallest absolute Gasteiger partial charge is 0.246 e. The van der Waals surface area contributed by atoms with Crippen molar-refractivity contribution < 1.29 is 38.5 Å². The maximum Gasteiger partial charge on any atom is 0.246 e. The molecule has 0 unspecified atom stereocenters. The van der Waals surface area contributed by atoms with Gasteiger partial charge in [0.1, 0.15) is 29.5 Å². The van der Waals surface area contributed by atoms with Crippen molar-refractivity contribution in [2.45, 2.75) is 75.8 Å². The van der Waals surface area contributed by atoms with Crippen LogP contribution in [0.4, 0.5) is 0 Å². The van der Waals surface area contributed by atoms with Gasteiger partial charge in [0.15, 0.2) is 5.78 Å². The van der Waals surface area contributed by atoms with Crippen molar-refractivity contribution in [1.82, 2.24) is 20.9 Å². The van der Waals surface area contributed by atoms with E-state index in [1.54, 1.807) is 31.2 Å². The number of amides is 3. The zero-order valence-corrected chi connectivity index (χ0v) is 24.7. The predicted octanol–water partition coefficient (Wildman–Crippen LogP) is 0.473. The summed E-state index contributed by atoms with van der Waals surface area (Å²) in [6, 6.07) is 3.25. The van der Waals surface area contributed by atoms with Gasteiger partial charge in [0, 0.05) is 13.1 Å². The summed E-state index contributed by atoms with van der Waals surface area (Å²) in [7, 11) is 1.52. The molecule has 1 aliphatic carbocycles. The Labute approximate surface area is 246 Å². The van der Waals surface area contributed by atoms with Crippen molar-refractivity contribution in [1.29, 1.82) is 0 Å². The molecule has 0 aromatic heterocycles. The van der Waals surface area contributed by atoms with Crippen LogP contribution in [0.2, 0.25) is 0 Å². The quantitative estimate of drug-likeness (QED) is 0.227. The summed E-state index contributed by atoms with van der Waals surface area (Å²) in [6.07, 6.45) is 3.15. The summed E-state index contributed by atoms with van der Waals surface area (Å²) in [6.45, 7) is 5.95. The third kappa shape index (κ3) is 8.50. The highest BCUT2D eigenvalue weighted by atomic mass is 16.6. The standard InChI is InChI=1S/C30H44N4O8/c1-19(31-24(35)17-34-12-14-41-15-13-34)28(38)33-25(26(36)21-8-10-22(40-3)11-9-21)29(39)32-23(16-20-6-4-5-7-20)27(37)30(2)18-42-30/h8-11,19-20,23,25-26,36H,4-7,12-18H2,1-3H3,(H,31,35)(H,32,39)(H,33,38)/t19-,23-,25-,26-,30-/m0/s1. The topological polar surface area (TPSA) is 159 Å². The lowest BCUT2D eigenvalue weighted by Gasteiger charge is -2.29. The van der Waals surface area contributed by atoms with Crippen LogP contribution in [0.3, 0.4) is 0 Å². The van der Waals surface area contributed by atoms with E-state index in [9.17, 15) is 24.3 Å². The van der Waals surface area contributed by atoms with Gasteiger partial charge in [-0.05, 0) is 43.9 Å². The first-order valence-electron chi connectivity index (χ1n) is 14.8. The molecule has 232 valence electrons. The molecule has 0 spiro atoms. The van der Waals surface area contributed by atoms with Crippen molar-refractivity contribution in [2.24, 2.45) is 5.92 Å². The minimum absolute atomic E-state index is 0.116. The van der Waals surface area contributed by atoms with Crippen molar-refractivity contribution in [3.05, 3.63) is 29.8 Å². The van der Waals surface area contributed by atoms with Crippen LogP contribution >= 0.6 is 0 Å². The van der Waals surface area contributed by atoms with Gasteiger partial charge in [0.05, 0.1) is 39.5 Å². The van der Waals surface area contributed by atoms with Crippen LogP contribution in [0.25, 0.3) is 0 Å². The van der Waals surface area contributed by atoms with E-state index >= 15 is 0 Å². The minimum atomic E-state index is -1.44. The molecule has 4 N–H and O–H groups in total. The van der Waals surface area contributed by atoms with Crippen LogP contribution in [0.1, 0.15) is 57.6 Å². The molecule has 2 heterocycles. The highest BCUT2D eigenvalue weighted by molar-refractivity contribution is 5.98. The number of benzene rings is 1. The molecule has 5 atom stereocenters. The average molecular weight is 589 g/mol. The molecule has 42 heavy (non-hydrogen) atoms. The van der Waals surface area contributed by atoms with Crippen LogP contribution in [0.5, 0.6) is 5.75 Å². The van der Waals surface area contributed by atoms with Crippen LogP contribution in [-0.4, -0.2) is 104 Å². The molecular formula is C30H44N4O8. The minimum Gasteiger partial charge on any atom is -0.497 e. The number of methoxy groups -OCH3 is 1. The molecule has 2 aliphatic heterocycles. The highest BCUT2D eigenvalue weighted by Crippen LogP contribution is 2.33. The Morgan fingerprint density at radius 1 is 1.05 bits per heavy atom. The maximum absolute atomic E-state index is 13.8. The monoisotopic (exact) mass is 588 g/mol. The lowest BCUT2D eigenvalue weighted by molar-refractivity contribution is -0.136. The van der Waals surface area contributed by atoms with Crippen molar-refractivity contribution in [2.75, 3.05) is 46.6 Å². The number of nitrogens with one attached hydrogen (secondary N) is 3. The number of ketones is 1. The summed E-state index contributed by atoms with van der Waals surface area (Å²) in [5, 5.41) is 19.4. The second kappa shape index (κ2) is 14.4. The molecule has 12 heteroatoms. The van der Waals surface area contributed by atoms with Crippen molar-refractivity contribution in [3.63, 3.8) is 0 Å². The Balaban J connectivity index is 1.47. The second-order valence-corrected chi connectivity index (χ2v) is 11.7. The zero-order chi connectivity index (χ0) is 30.3. The number of nitrogens with zero attached hydrogens (tertiary/aromatic N) is 1. The summed E-state index contributed by atoms with van der Waals surface area (Å²) in [5.41, 5.74) is -0.570. The van der Waals surface area contributed by atoms with E-state index in [2.05, 4.69) is 16.0 Å². The lowest BCUT2D eigenvalue weighted by atomic mass is 9.90. The Morgan fingerprint density at radius 2 is 1.69 bits per heavy atom. The Bertz CT molecular complexity index is 1100. The van der Waals surface area contributed by atoms with Gasteiger partial charge in [-0.15, -0.1) is 0 Å². The van der Waals surface area contributed by atoms with Gasteiger partial charge >= 0.3 is 0 Å². The number of aliphatic hydroxyl groups is 1. The SMILES string of the molecule is COc1ccc([C@H](O)[C@H](NC(=O)[C@H](C)NC(=O)CN2CCOCC2)C(=O)N[C@@H](CC2CCCC2)C(=O)[C@]2(C)CO2)cc1. The Morgan fingerprint density at radius 3 is 2.29 bits per heavy atom. The number of rotatable bonds is 14. The third-order valence-corrected chi connectivity index (χ3v) is 8.37. The van der Waals surface area contributed by atoms with E-state index in [4.69, 9.17) is 14.2 Å². The van der Waals surface area contributed by atoms with E-state index in [0.717, 1.165) is 25.7 Å². The van der Waals surface area contributed by atoms with Crippen LogP contribution in [-0.2, 0) is 28.7 Å². The molecular weight excluding hydrogens is 544 g/mol. The van der Waals surface area contributed by atoms with E-state index < -0.39 is 41.6 Å². The molecule has 3 aliphatic rings. The van der Waals surface area contributed by atoms with Crippen molar-refractivity contribution >= 4 is 23.5 Å². The van der Waals surface area contributed by atoms with Gasteiger partial charge in [0.25, 0.3) is 0 Å². The van der Waals surface area contributed by atoms with Crippen LogP contribution in [0, 0.1) is 5.92 Å². The number of hydrogen-bond acceptors (Lipinski definition) is 9. The average Bonchev–Trinajstić information content (AvgIpc) is 3.53. The summed E-state index contributed by atoms with van der Waals surface area (Å²) >= 11 is 0. The molecule has 1 saturated carbocycles. The molecule has 0 radical (unpaired) electrons. The summed E-state index contributed by atoms with van der Waals surface area (Å²) < 4.78 is 15.9. The van der Waals surface area contributed by atoms with Crippen LogP contribution in [0.15, 0.2) is 24.3 Å². The normalized spacial score (nSPS) is 23.7. The van der Waals surface area contributed by atoms with Gasteiger partial charge in [-0.1, -0.05) is 37.8 Å². The van der Waals surface area contributed by atoms with E-state index in [1.165, 1.54) is 14.0 Å². The first kappa shape index (κ1) is 31.9. The largest absolute Gasteiger partial charge is 0.497 e. The fourth-order valence-electron chi connectivity index (χ4n) is 5.57. The first-order valence-corrected chi connectivity index (χ1v) is 14.8. The summed E-state index contributed by atoms with van der Waals surface area (Å²) in [4.78, 5) is 54.8. The molecule has 12 nitrogen and oxygen atoms in total. The van der Waals surface area contributed by atoms with Gasteiger partial charge in [0.2, 0.25) is 17.7 Å². The number of aliphatic hydroxyl groups excluding tert-OH is 1. The molecule has 0 bridgehead atoms. The summed E-state index contributed by atoms with van der Waals surface area (Å²) in [5.74, 6) is -1.03. The van der Waals surface area contributed by atoms with E-state index in [-0.39, 0.29) is 18.2 Å². The fraction of sp³-hybridized carbons (Fsp3) is 0.667. The van der Waals surface area contributed by atoms with Gasteiger partial charge in [-0.3, -0.25) is 24.1 Å². The number of ether oxygens (including phenoxy) is 3. The van der Waals surface area contributed by atoms with E-state index in [0.29, 0.717) is 56.6 Å². The fourth-order valence-corrected chi connectivity index (χ4v) is 5.57. The lowest BCUT2D eigenvalue weighted by Crippen LogP contribution is -2.58. The van der Waals surface area contributed by atoms with Crippen LogP contribution < -0.4 is 20.7 Å². The first-order chi connectivity index (χ1) is 20.1. The predicted molar refractivity (Wildman–Crippen MR) is 153 cm³/mol. The maximum atomic E-state index is 13.8. The zero-order valence-electron chi connectivity index (χ0n) is 24.7. The number of carbonyl (C=O) groups excluding carboxylic acids is 4. The Kier molecular flexibility index (Phi) is 10.9.